The number of halogens is 1. The Balaban J connectivity index is 2.25. The van der Waals surface area contributed by atoms with Crippen LogP contribution in [0.1, 0.15) is 37.0 Å². The number of Topliss-reactive ketones (excluding diaryl/α,β-unsaturated/α-hetero) is 1. The van der Waals surface area contributed by atoms with E-state index in [1.807, 2.05) is 6.07 Å². The van der Waals surface area contributed by atoms with Crippen molar-refractivity contribution in [2.45, 2.75) is 37.6 Å². The Hall–Kier alpha value is -1.53. The molecule has 4 atom stereocenters. The molecule has 1 saturated heterocycles. The largest absolute Gasteiger partial charge is 0.521 e. The molecule has 2 unspecified atom stereocenters. The van der Waals surface area contributed by atoms with Crippen LogP contribution in [-0.2, 0) is 4.79 Å². The number of hydrogen-bond donors (Lipinski definition) is 1. The number of alkyl halides is 1. The highest BCUT2D eigenvalue weighted by Gasteiger charge is 2.55. The number of likely N-dealkylation sites (tertiary alicyclic amines) is 1. The highest BCUT2D eigenvalue weighted by Crippen LogP contribution is 2.32. The normalized spacial score (nSPS) is 26.5. The maximum atomic E-state index is 12.9. The molecule has 6 heteroatoms. The van der Waals surface area contributed by atoms with Gasteiger partial charge in [-0.25, -0.2) is 4.79 Å². The van der Waals surface area contributed by atoms with Crippen LogP contribution in [0.15, 0.2) is 30.3 Å². The van der Waals surface area contributed by atoms with Crippen molar-refractivity contribution in [3.05, 3.63) is 35.9 Å². The molecular formula is C17H21BrNO4+. The molecule has 124 valence electrons. The van der Waals surface area contributed by atoms with Crippen LogP contribution in [-0.4, -0.2) is 44.8 Å². The lowest BCUT2D eigenvalue weighted by Gasteiger charge is -2.32. The molecule has 5 nitrogen and oxygen atoms in total. The topological polar surface area (TPSA) is 71.4 Å². The van der Waals surface area contributed by atoms with Crippen LogP contribution in [0.25, 0.3) is 0 Å². The summed E-state index contributed by atoms with van der Waals surface area (Å²) in [7, 11) is 0. The number of carboxylic acid groups (broad SMARTS) is 1. The predicted octanol–water partition coefficient (Wildman–Crippen LogP) is 3.47. The Morgan fingerprint density at radius 3 is 2.35 bits per heavy atom. The first-order valence-electron chi connectivity index (χ1n) is 7.71. The summed E-state index contributed by atoms with van der Waals surface area (Å²) in [5, 5.41) is 9.64. The number of benzene rings is 1. The number of carbonyl (C=O) groups is 3. The van der Waals surface area contributed by atoms with Crippen molar-refractivity contribution < 1.29 is 24.0 Å². The highest BCUT2D eigenvalue weighted by molar-refractivity contribution is 9.10. The lowest BCUT2D eigenvalue weighted by Crippen LogP contribution is -2.61. The fourth-order valence-electron chi connectivity index (χ4n) is 3.26. The summed E-state index contributed by atoms with van der Waals surface area (Å²) in [6.07, 6.45) is 0.272. The van der Waals surface area contributed by atoms with Gasteiger partial charge in [0, 0.05) is 18.4 Å². The van der Waals surface area contributed by atoms with Crippen molar-refractivity contribution in [3.8, 4) is 0 Å². The third kappa shape index (κ3) is 3.10. The molecule has 1 heterocycles. The van der Waals surface area contributed by atoms with E-state index < -0.39 is 27.2 Å². The molecule has 0 aromatic heterocycles. The third-order valence-corrected chi connectivity index (χ3v) is 5.97. The number of rotatable bonds is 4. The van der Waals surface area contributed by atoms with Gasteiger partial charge < -0.3 is 5.11 Å². The Labute approximate surface area is 144 Å². The summed E-state index contributed by atoms with van der Waals surface area (Å²) < 4.78 is -0.578. The van der Waals surface area contributed by atoms with Gasteiger partial charge in [0.05, 0.1) is 17.3 Å². The number of ketones is 1. The summed E-state index contributed by atoms with van der Waals surface area (Å²) >= 11 is 3.31. The number of hydrogen-bond acceptors (Lipinski definition) is 3. The van der Waals surface area contributed by atoms with Crippen LogP contribution in [0.4, 0.5) is 4.79 Å². The second-order valence-corrected chi connectivity index (χ2v) is 7.11. The maximum Gasteiger partial charge on any atom is 0.521 e. The van der Waals surface area contributed by atoms with Crippen LogP contribution in [0.2, 0.25) is 0 Å². The first-order chi connectivity index (χ1) is 10.8. The minimum atomic E-state index is -1.13. The van der Waals surface area contributed by atoms with Gasteiger partial charge in [0.15, 0.2) is 5.78 Å². The van der Waals surface area contributed by atoms with Gasteiger partial charge in [0.1, 0.15) is 6.04 Å². The van der Waals surface area contributed by atoms with Gasteiger partial charge in [-0.2, -0.15) is 9.28 Å². The Kier molecular flexibility index (Phi) is 5.37. The first-order valence-corrected chi connectivity index (χ1v) is 8.63. The van der Waals surface area contributed by atoms with Crippen molar-refractivity contribution in [3.63, 3.8) is 0 Å². The Bertz CT molecular complexity index is 618. The van der Waals surface area contributed by atoms with E-state index in [1.54, 1.807) is 38.1 Å². The summed E-state index contributed by atoms with van der Waals surface area (Å²) in [5.41, 5.74) is 0.505. The SMILES string of the molecule is CC(C(=O)[N@+]1(C(=O)O)CCCC1C)[C@H](Br)C(=O)c1ccccc1. The standard InChI is InChI=1S/C17H20BrNO4/c1-11-7-6-10-19(11,17(22)23)16(21)12(2)14(18)15(20)13-8-4-3-5-9-13/h3-5,8-9,11-12,14H,6-7,10H2,1-2H3/p+1/t11?,12?,14-,19-/m0/s1. The lowest BCUT2D eigenvalue weighted by molar-refractivity contribution is -0.794. The average Bonchev–Trinajstić information content (AvgIpc) is 2.95. The van der Waals surface area contributed by atoms with Crippen molar-refractivity contribution in [2.75, 3.05) is 6.54 Å². The van der Waals surface area contributed by atoms with Crippen molar-refractivity contribution in [1.82, 2.24) is 0 Å². The molecule has 23 heavy (non-hydrogen) atoms. The lowest BCUT2D eigenvalue weighted by atomic mass is 9.97. The van der Waals surface area contributed by atoms with Gasteiger partial charge in [-0.05, 0) is 13.8 Å². The van der Waals surface area contributed by atoms with E-state index in [4.69, 9.17) is 0 Å². The zero-order valence-corrected chi connectivity index (χ0v) is 14.8. The van der Waals surface area contributed by atoms with E-state index in [0.29, 0.717) is 24.9 Å². The molecule has 1 N–H and O–H groups in total. The Morgan fingerprint density at radius 1 is 1.26 bits per heavy atom. The van der Waals surface area contributed by atoms with E-state index in [9.17, 15) is 19.5 Å². The minimum absolute atomic E-state index is 0.207. The van der Waals surface area contributed by atoms with Crippen LogP contribution in [0.3, 0.4) is 0 Å². The fourth-order valence-corrected chi connectivity index (χ4v) is 3.75. The van der Waals surface area contributed by atoms with E-state index in [2.05, 4.69) is 15.9 Å². The fraction of sp³-hybridized carbons (Fsp3) is 0.471. The first kappa shape index (κ1) is 17.8. The molecule has 0 spiro atoms. The zero-order valence-electron chi connectivity index (χ0n) is 13.2. The summed E-state index contributed by atoms with van der Waals surface area (Å²) in [6.45, 7) is 3.70. The highest BCUT2D eigenvalue weighted by atomic mass is 79.9. The zero-order chi connectivity index (χ0) is 17.2. The molecule has 0 aliphatic carbocycles. The second kappa shape index (κ2) is 6.93. The molecule has 0 saturated carbocycles. The van der Waals surface area contributed by atoms with Gasteiger partial charge in [-0.15, -0.1) is 0 Å². The summed E-state index contributed by atoms with van der Waals surface area (Å²) in [4.78, 5) is 36.5. The Morgan fingerprint density at radius 2 is 1.87 bits per heavy atom. The maximum absolute atomic E-state index is 12.9. The molecule has 1 aromatic rings. The van der Waals surface area contributed by atoms with Crippen LogP contribution < -0.4 is 0 Å². The van der Waals surface area contributed by atoms with Crippen LogP contribution in [0.5, 0.6) is 0 Å². The summed E-state index contributed by atoms with van der Waals surface area (Å²) in [6, 6.07) is 8.43. The smallest absolute Gasteiger partial charge is 0.435 e. The molecule has 1 aromatic carbocycles. The number of amides is 2. The third-order valence-electron chi connectivity index (χ3n) is 4.76. The van der Waals surface area contributed by atoms with E-state index in [0.717, 1.165) is 0 Å². The molecule has 0 radical (unpaired) electrons. The van der Waals surface area contributed by atoms with Gasteiger partial charge in [0.25, 0.3) is 0 Å². The monoisotopic (exact) mass is 382 g/mol. The number of imide groups is 1. The van der Waals surface area contributed by atoms with Crippen LogP contribution in [0, 0.1) is 5.92 Å². The quantitative estimate of drug-likeness (QED) is 0.491. The van der Waals surface area contributed by atoms with E-state index >= 15 is 0 Å². The second-order valence-electron chi connectivity index (χ2n) is 6.13. The molecule has 1 fully saturated rings. The van der Waals surface area contributed by atoms with Crippen molar-refractivity contribution in [1.29, 1.82) is 0 Å². The molecule has 1 aliphatic heterocycles. The van der Waals surface area contributed by atoms with E-state index in [1.165, 1.54) is 0 Å². The van der Waals surface area contributed by atoms with Gasteiger partial charge in [-0.3, -0.25) is 4.79 Å². The number of carbonyl (C=O) groups excluding carboxylic acids is 2. The van der Waals surface area contributed by atoms with Gasteiger partial charge in [-0.1, -0.05) is 46.3 Å². The molecule has 0 bridgehead atoms. The molecule has 2 amide bonds. The molecule has 1 aliphatic rings. The average molecular weight is 383 g/mol. The molecule has 2 rings (SSSR count). The number of quaternary nitrogens is 1. The van der Waals surface area contributed by atoms with Crippen molar-refractivity contribution >= 4 is 33.7 Å². The van der Waals surface area contributed by atoms with Crippen molar-refractivity contribution in [2.24, 2.45) is 5.92 Å². The van der Waals surface area contributed by atoms with E-state index in [-0.39, 0.29) is 11.8 Å². The van der Waals surface area contributed by atoms with Gasteiger partial charge in [0.2, 0.25) is 0 Å². The number of nitrogens with zero attached hydrogens (tertiary/aromatic N) is 1. The summed E-state index contributed by atoms with van der Waals surface area (Å²) in [5.74, 6) is -1.34. The predicted molar refractivity (Wildman–Crippen MR) is 89.5 cm³/mol. The van der Waals surface area contributed by atoms with Gasteiger partial charge >= 0.3 is 12.0 Å². The minimum Gasteiger partial charge on any atom is -0.435 e. The molecular weight excluding hydrogens is 362 g/mol. The van der Waals surface area contributed by atoms with Crippen LogP contribution >= 0.6 is 15.9 Å².